The summed E-state index contributed by atoms with van der Waals surface area (Å²) in [5.74, 6) is 1.21. The highest BCUT2D eigenvalue weighted by Crippen LogP contribution is 2.39. The van der Waals surface area contributed by atoms with Gasteiger partial charge in [-0.1, -0.05) is 114 Å². The number of benzene rings is 3. The summed E-state index contributed by atoms with van der Waals surface area (Å²) in [6.45, 7) is 13.1. The van der Waals surface area contributed by atoms with Crippen LogP contribution >= 0.6 is 0 Å². The summed E-state index contributed by atoms with van der Waals surface area (Å²) in [5, 5.41) is 11.2. The second-order valence-corrected chi connectivity index (χ2v) is 10.8. The minimum atomic E-state index is -0.159. The van der Waals surface area contributed by atoms with Gasteiger partial charge in [-0.15, -0.1) is 0 Å². The van der Waals surface area contributed by atoms with Crippen molar-refractivity contribution in [2.24, 2.45) is 0 Å². The molecule has 0 fully saturated rings. The third-order valence-electron chi connectivity index (χ3n) is 6.08. The van der Waals surface area contributed by atoms with E-state index in [2.05, 4.69) is 82.9 Å². The van der Waals surface area contributed by atoms with Crippen molar-refractivity contribution < 1.29 is 5.11 Å². The molecule has 3 nitrogen and oxygen atoms in total. The second kappa shape index (κ2) is 8.55. The fraction of sp³-hybridized carbons (Fsp3) is 0.300. The molecular weight excluding hydrogens is 404 g/mol. The Morgan fingerprint density at radius 1 is 0.758 bits per heavy atom. The molecule has 1 heterocycles. The molecule has 0 saturated heterocycles. The van der Waals surface area contributed by atoms with Crippen LogP contribution in [0.1, 0.15) is 64.1 Å². The first-order valence-electron chi connectivity index (χ1n) is 11.6. The van der Waals surface area contributed by atoms with E-state index in [4.69, 9.17) is 4.98 Å². The van der Waals surface area contributed by atoms with Crippen molar-refractivity contribution in [3.63, 3.8) is 0 Å². The Morgan fingerprint density at radius 3 is 1.88 bits per heavy atom. The average molecular weight is 439 g/mol. The molecule has 3 aromatic carbocycles. The summed E-state index contributed by atoms with van der Waals surface area (Å²) in [4.78, 5) is 8.58. The van der Waals surface area contributed by atoms with Crippen LogP contribution in [-0.4, -0.2) is 15.1 Å². The van der Waals surface area contributed by atoms with Gasteiger partial charge in [-0.2, -0.15) is 0 Å². The zero-order valence-corrected chi connectivity index (χ0v) is 20.5. The number of aromatic nitrogens is 2. The number of aromatic amines is 1. The summed E-state index contributed by atoms with van der Waals surface area (Å²) < 4.78 is 0. The van der Waals surface area contributed by atoms with Crippen molar-refractivity contribution in [2.75, 3.05) is 0 Å². The third kappa shape index (κ3) is 4.88. The molecule has 4 rings (SSSR count). The fourth-order valence-electron chi connectivity index (χ4n) is 4.14. The van der Waals surface area contributed by atoms with E-state index in [1.807, 2.05) is 36.4 Å². The number of H-pyrrole nitrogens is 1. The van der Waals surface area contributed by atoms with Crippen LogP contribution in [0.2, 0.25) is 0 Å². The Balaban J connectivity index is 1.84. The maximum atomic E-state index is 11.2. The van der Waals surface area contributed by atoms with Crippen LogP contribution in [0.25, 0.3) is 22.5 Å². The lowest BCUT2D eigenvalue weighted by Gasteiger charge is -2.27. The monoisotopic (exact) mass is 438 g/mol. The standard InChI is InChI=1S/C30H34N2O/c1-29(2,3)23-17-22(28(33)24(19-23)30(4,5)6)18-25-31-26(20-13-9-7-10-14-20)27(32-25)21-15-11-8-12-16-21/h7-17,19,33H,18H2,1-6H3,(H,31,32). The highest BCUT2D eigenvalue weighted by Gasteiger charge is 2.25. The van der Waals surface area contributed by atoms with Gasteiger partial charge in [-0.05, 0) is 22.0 Å². The maximum absolute atomic E-state index is 11.2. The Bertz CT molecular complexity index is 1180. The van der Waals surface area contributed by atoms with E-state index in [-0.39, 0.29) is 10.8 Å². The van der Waals surface area contributed by atoms with Crippen molar-refractivity contribution in [2.45, 2.75) is 58.8 Å². The molecular formula is C30H34N2O. The topological polar surface area (TPSA) is 48.9 Å². The van der Waals surface area contributed by atoms with Gasteiger partial charge in [0.05, 0.1) is 11.4 Å². The number of hydrogen-bond donors (Lipinski definition) is 2. The minimum absolute atomic E-state index is 0.0178. The van der Waals surface area contributed by atoms with Gasteiger partial charge < -0.3 is 10.1 Å². The van der Waals surface area contributed by atoms with Crippen LogP contribution in [0.5, 0.6) is 5.75 Å². The summed E-state index contributed by atoms with van der Waals surface area (Å²) in [6.07, 6.45) is 0.533. The van der Waals surface area contributed by atoms with Crippen molar-refractivity contribution in [1.82, 2.24) is 9.97 Å². The van der Waals surface area contributed by atoms with Gasteiger partial charge in [0.15, 0.2) is 0 Å². The van der Waals surface area contributed by atoms with Crippen LogP contribution in [0.15, 0.2) is 72.8 Å². The van der Waals surface area contributed by atoms with Gasteiger partial charge >= 0.3 is 0 Å². The van der Waals surface area contributed by atoms with Gasteiger partial charge in [0.2, 0.25) is 0 Å². The first-order valence-corrected chi connectivity index (χ1v) is 11.6. The molecule has 33 heavy (non-hydrogen) atoms. The molecule has 170 valence electrons. The van der Waals surface area contributed by atoms with Crippen LogP contribution in [-0.2, 0) is 17.3 Å². The molecule has 0 aliphatic rings. The molecule has 0 radical (unpaired) electrons. The minimum Gasteiger partial charge on any atom is -0.507 e. The zero-order chi connectivity index (χ0) is 23.8. The molecule has 0 amide bonds. The van der Waals surface area contributed by atoms with Gasteiger partial charge in [-0.25, -0.2) is 4.98 Å². The molecule has 0 unspecified atom stereocenters. The lowest BCUT2D eigenvalue weighted by molar-refractivity contribution is 0.439. The molecule has 0 aliphatic carbocycles. The highest BCUT2D eigenvalue weighted by atomic mass is 16.3. The smallest absolute Gasteiger partial charge is 0.122 e. The number of nitrogens with zero attached hydrogens (tertiary/aromatic N) is 1. The number of hydrogen-bond acceptors (Lipinski definition) is 2. The van der Waals surface area contributed by atoms with E-state index in [0.29, 0.717) is 12.2 Å². The van der Waals surface area contributed by atoms with Crippen LogP contribution in [0, 0.1) is 0 Å². The van der Waals surface area contributed by atoms with E-state index in [0.717, 1.165) is 39.5 Å². The quantitative estimate of drug-likeness (QED) is 0.344. The first kappa shape index (κ1) is 22.8. The molecule has 1 aromatic heterocycles. The summed E-state index contributed by atoms with van der Waals surface area (Å²) in [6, 6.07) is 24.8. The number of phenolic OH excluding ortho intramolecular Hbond substituents is 1. The van der Waals surface area contributed by atoms with Crippen molar-refractivity contribution in [3.05, 3.63) is 95.3 Å². The lowest BCUT2D eigenvalue weighted by Crippen LogP contribution is -2.17. The summed E-state index contributed by atoms with van der Waals surface area (Å²) in [7, 11) is 0. The van der Waals surface area contributed by atoms with Crippen LogP contribution in [0.4, 0.5) is 0 Å². The van der Waals surface area contributed by atoms with Gasteiger partial charge in [0.1, 0.15) is 11.6 Å². The Labute approximate surface area is 197 Å². The van der Waals surface area contributed by atoms with Gasteiger partial charge in [-0.3, -0.25) is 0 Å². The summed E-state index contributed by atoms with van der Waals surface area (Å²) in [5.41, 5.74) is 7.02. The van der Waals surface area contributed by atoms with Crippen LogP contribution < -0.4 is 0 Å². The molecule has 0 bridgehead atoms. The van der Waals surface area contributed by atoms with Crippen molar-refractivity contribution in [3.8, 4) is 28.3 Å². The fourth-order valence-corrected chi connectivity index (χ4v) is 4.14. The second-order valence-electron chi connectivity index (χ2n) is 10.8. The molecule has 4 aromatic rings. The molecule has 0 saturated carbocycles. The van der Waals surface area contributed by atoms with E-state index in [1.165, 1.54) is 5.56 Å². The Hall–Kier alpha value is -3.33. The van der Waals surface area contributed by atoms with E-state index in [1.54, 1.807) is 0 Å². The highest BCUT2D eigenvalue weighted by molar-refractivity contribution is 5.78. The largest absolute Gasteiger partial charge is 0.507 e. The van der Waals surface area contributed by atoms with E-state index in [9.17, 15) is 5.11 Å². The predicted octanol–water partition coefficient (Wildman–Crippen LogP) is 7.64. The van der Waals surface area contributed by atoms with Crippen molar-refractivity contribution in [1.29, 1.82) is 0 Å². The number of phenols is 1. The number of imidazole rings is 1. The normalized spacial score (nSPS) is 12.2. The molecule has 2 N–H and O–H groups in total. The summed E-state index contributed by atoms with van der Waals surface area (Å²) >= 11 is 0. The number of rotatable bonds is 4. The third-order valence-corrected chi connectivity index (χ3v) is 6.08. The molecule has 0 atom stereocenters. The lowest BCUT2D eigenvalue weighted by atomic mass is 9.78. The molecule has 0 spiro atoms. The van der Waals surface area contributed by atoms with Crippen LogP contribution in [0.3, 0.4) is 0 Å². The van der Waals surface area contributed by atoms with Crippen molar-refractivity contribution >= 4 is 0 Å². The van der Waals surface area contributed by atoms with Gasteiger partial charge in [0, 0.05) is 23.1 Å². The Kier molecular flexibility index (Phi) is 5.92. The molecule has 3 heteroatoms. The molecule has 0 aliphatic heterocycles. The number of nitrogens with one attached hydrogen (secondary N) is 1. The van der Waals surface area contributed by atoms with E-state index >= 15 is 0 Å². The Morgan fingerprint density at radius 2 is 1.33 bits per heavy atom. The predicted molar refractivity (Wildman–Crippen MR) is 138 cm³/mol. The number of aromatic hydroxyl groups is 1. The SMILES string of the molecule is CC(C)(C)c1cc(Cc2nc(-c3ccccc3)c(-c3ccccc3)[nH]2)c(O)c(C(C)(C)C)c1. The average Bonchev–Trinajstić information content (AvgIpc) is 3.18. The first-order chi connectivity index (χ1) is 15.5. The zero-order valence-electron chi connectivity index (χ0n) is 20.5. The van der Waals surface area contributed by atoms with E-state index < -0.39 is 0 Å². The maximum Gasteiger partial charge on any atom is 0.122 e. The van der Waals surface area contributed by atoms with Gasteiger partial charge in [0.25, 0.3) is 0 Å².